The molecule has 2 aliphatic rings. The molecular formula is C19H35BO5P+. The topological polar surface area (TPSA) is 54.0 Å². The Morgan fingerprint density at radius 3 is 2.31 bits per heavy atom. The first-order chi connectivity index (χ1) is 12.1. The standard InChI is InChI=1S/C19H35BO5P/c1-10(2)17-15(13(6)19(20)25-17)9-26(21)22-8-16-18(23-11(3)4)12(5)14(7)24-16/h10-19H,8-9H2,1-7H3/q+1/t12-,13+,14+,15?,16-,17-,18?,19-/m1/s1. The first kappa shape index (κ1) is 22.3. The summed E-state index contributed by atoms with van der Waals surface area (Å²) in [4.78, 5) is 0. The third-order valence-corrected chi connectivity index (χ3v) is 6.93. The van der Waals surface area contributed by atoms with Crippen molar-refractivity contribution >= 4 is 15.9 Å². The van der Waals surface area contributed by atoms with Crippen LogP contribution in [-0.2, 0) is 23.3 Å². The molecule has 9 atom stereocenters. The Morgan fingerprint density at radius 1 is 1.08 bits per heavy atom. The lowest BCUT2D eigenvalue weighted by Gasteiger charge is -2.23. The van der Waals surface area contributed by atoms with Gasteiger partial charge >= 0.3 is 8.03 Å². The molecule has 0 saturated carbocycles. The molecule has 5 nitrogen and oxygen atoms in total. The van der Waals surface area contributed by atoms with Crippen molar-refractivity contribution < 1.29 is 23.3 Å². The van der Waals surface area contributed by atoms with E-state index < -0.39 is 8.03 Å². The SMILES string of the molecule is [B][C@@H]1O[C@H](C(C)C)C(C[P+](=O)OC[C@H]2O[C@@H](C)[C@@H](C)C2OC(C)C)[C@@H]1C. The average Bonchev–Trinajstić information content (AvgIpc) is 2.97. The molecule has 7 heteroatoms. The van der Waals surface area contributed by atoms with Gasteiger partial charge in [0.05, 0.1) is 24.4 Å². The molecule has 0 bridgehead atoms. The maximum Gasteiger partial charge on any atom is 0.508 e. The zero-order valence-corrected chi connectivity index (χ0v) is 18.1. The van der Waals surface area contributed by atoms with E-state index in [1.807, 2.05) is 20.8 Å². The van der Waals surface area contributed by atoms with Gasteiger partial charge in [-0.3, -0.25) is 0 Å². The molecule has 148 valence electrons. The van der Waals surface area contributed by atoms with Gasteiger partial charge in [-0.05, 0) is 37.2 Å². The highest BCUT2D eigenvalue weighted by Crippen LogP contribution is 2.41. The molecule has 2 fully saturated rings. The number of hydrogen-bond donors (Lipinski definition) is 0. The van der Waals surface area contributed by atoms with Gasteiger partial charge in [0.2, 0.25) is 0 Å². The highest BCUT2D eigenvalue weighted by atomic mass is 31.1. The van der Waals surface area contributed by atoms with Crippen LogP contribution in [0.4, 0.5) is 0 Å². The summed E-state index contributed by atoms with van der Waals surface area (Å²) in [6.07, 6.45) is 0.526. The molecule has 26 heavy (non-hydrogen) atoms. The molecule has 0 aromatic heterocycles. The van der Waals surface area contributed by atoms with Crippen molar-refractivity contribution in [3.63, 3.8) is 0 Å². The first-order valence-corrected chi connectivity index (χ1v) is 11.3. The van der Waals surface area contributed by atoms with Crippen LogP contribution < -0.4 is 0 Å². The fraction of sp³-hybridized carbons (Fsp3) is 1.00. The van der Waals surface area contributed by atoms with Crippen molar-refractivity contribution in [2.75, 3.05) is 12.8 Å². The fourth-order valence-corrected chi connectivity index (χ4v) is 5.30. The summed E-state index contributed by atoms with van der Waals surface area (Å²) < 4.78 is 36.2. The van der Waals surface area contributed by atoms with Gasteiger partial charge in [-0.2, -0.15) is 0 Å². The molecule has 3 unspecified atom stereocenters. The van der Waals surface area contributed by atoms with Crippen LogP contribution in [0.25, 0.3) is 0 Å². The van der Waals surface area contributed by atoms with Gasteiger partial charge in [0.1, 0.15) is 20.6 Å². The Labute approximate surface area is 161 Å². The minimum Gasteiger partial charge on any atom is -0.384 e. The van der Waals surface area contributed by atoms with Gasteiger partial charge in [-0.25, -0.2) is 0 Å². The third-order valence-electron chi connectivity index (χ3n) is 5.77. The highest BCUT2D eigenvalue weighted by Gasteiger charge is 2.46. The molecule has 2 saturated heterocycles. The molecule has 2 rings (SSSR count). The van der Waals surface area contributed by atoms with E-state index in [0.29, 0.717) is 18.7 Å². The predicted molar refractivity (Wildman–Crippen MR) is 104 cm³/mol. The van der Waals surface area contributed by atoms with Gasteiger partial charge in [0, 0.05) is 17.8 Å². The Bertz CT molecular complexity index is 475. The van der Waals surface area contributed by atoms with Crippen LogP contribution >= 0.6 is 8.03 Å². The molecule has 0 aliphatic carbocycles. The van der Waals surface area contributed by atoms with E-state index >= 15 is 0 Å². The van der Waals surface area contributed by atoms with Crippen LogP contribution in [0.3, 0.4) is 0 Å². The van der Waals surface area contributed by atoms with Crippen LogP contribution in [0, 0.1) is 23.7 Å². The third kappa shape index (κ3) is 5.29. The minimum absolute atomic E-state index is 0.0287. The van der Waals surface area contributed by atoms with Crippen molar-refractivity contribution in [2.45, 2.75) is 85.0 Å². The zero-order chi connectivity index (χ0) is 19.6. The predicted octanol–water partition coefficient (Wildman–Crippen LogP) is 3.76. The van der Waals surface area contributed by atoms with Crippen molar-refractivity contribution in [3.05, 3.63) is 0 Å². The number of rotatable bonds is 8. The molecule has 2 radical (unpaired) electrons. The second-order valence-electron chi connectivity index (χ2n) is 8.53. The Kier molecular flexibility index (Phi) is 8.12. The fourth-order valence-electron chi connectivity index (χ4n) is 3.99. The quantitative estimate of drug-likeness (QED) is 0.470. The van der Waals surface area contributed by atoms with Gasteiger partial charge < -0.3 is 14.2 Å². The molecular weight excluding hydrogens is 350 g/mol. The summed E-state index contributed by atoms with van der Waals surface area (Å²) in [6.45, 7) is 14.8. The smallest absolute Gasteiger partial charge is 0.384 e. The summed E-state index contributed by atoms with van der Waals surface area (Å²) in [5.41, 5.74) is 0. The largest absolute Gasteiger partial charge is 0.508 e. The average molecular weight is 385 g/mol. The maximum atomic E-state index is 12.6. The van der Waals surface area contributed by atoms with E-state index in [4.69, 9.17) is 26.6 Å². The lowest BCUT2D eigenvalue weighted by Crippen LogP contribution is -2.34. The lowest BCUT2D eigenvalue weighted by molar-refractivity contribution is -0.0623. The minimum atomic E-state index is -1.79. The van der Waals surface area contributed by atoms with E-state index in [2.05, 4.69) is 27.7 Å². The van der Waals surface area contributed by atoms with E-state index in [-0.39, 0.29) is 54.3 Å². The second-order valence-corrected chi connectivity index (χ2v) is 9.82. The van der Waals surface area contributed by atoms with E-state index in [1.165, 1.54) is 0 Å². The first-order valence-electron chi connectivity index (χ1n) is 9.91. The van der Waals surface area contributed by atoms with Gasteiger partial charge in [0.25, 0.3) is 0 Å². The van der Waals surface area contributed by atoms with E-state index in [9.17, 15) is 4.57 Å². The monoisotopic (exact) mass is 385 g/mol. The molecule has 0 aromatic rings. The Balaban J connectivity index is 1.89. The molecule has 0 aromatic carbocycles. The van der Waals surface area contributed by atoms with Crippen molar-refractivity contribution in [1.82, 2.24) is 0 Å². The van der Waals surface area contributed by atoms with Gasteiger partial charge in [-0.1, -0.05) is 27.7 Å². The zero-order valence-electron chi connectivity index (χ0n) is 17.3. The van der Waals surface area contributed by atoms with Crippen molar-refractivity contribution in [2.24, 2.45) is 23.7 Å². The van der Waals surface area contributed by atoms with Crippen LogP contribution in [0.1, 0.15) is 48.5 Å². The van der Waals surface area contributed by atoms with Gasteiger partial charge in [-0.15, -0.1) is 4.52 Å². The van der Waals surface area contributed by atoms with Crippen LogP contribution in [0.2, 0.25) is 0 Å². The molecule has 2 heterocycles. The lowest BCUT2D eigenvalue weighted by atomic mass is 9.80. The van der Waals surface area contributed by atoms with Crippen LogP contribution in [0.15, 0.2) is 0 Å². The van der Waals surface area contributed by atoms with Crippen LogP contribution in [0.5, 0.6) is 0 Å². The molecule has 0 amide bonds. The summed E-state index contributed by atoms with van der Waals surface area (Å²) >= 11 is 0. The molecule has 2 aliphatic heterocycles. The molecule has 0 spiro atoms. The van der Waals surface area contributed by atoms with Crippen molar-refractivity contribution in [3.8, 4) is 0 Å². The van der Waals surface area contributed by atoms with E-state index in [1.54, 1.807) is 0 Å². The van der Waals surface area contributed by atoms with Gasteiger partial charge in [0.15, 0.2) is 6.16 Å². The number of ether oxygens (including phenoxy) is 3. The second kappa shape index (κ2) is 9.47. The highest BCUT2D eigenvalue weighted by molar-refractivity contribution is 7.39. The van der Waals surface area contributed by atoms with E-state index in [0.717, 1.165) is 0 Å². The Morgan fingerprint density at radius 2 is 1.73 bits per heavy atom. The Hall–Kier alpha value is 0.00494. The number of hydrogen-bond acceptors (Lipinski definition) is 5. The van der Waals surface area contributed by atoms with Crippen LogP contribution in [-0.4, -0.2) is 57.1 Å². The molecule has 0 N–H and O–H groups in total. The maximum absolute atomic E-state index is 12.6. The summed E-state index contributed by atoms with van der Waals surface area (Å²) in [5, 5.41) is 0. The normalized spacial score (nSPS) is 41.3. The summed E-state index contributed by atoms with van der Waals surface area (Å²) in [6, 6.07) is -0.292. The summed E-state index contributed by atoms with van der Waals surface area (Å²) in [5.74, 6) is 0.946. The van der Waals surface area contributed by atoms with Crippen molar-refractivity contribution in [1.29, 1.82) is 0 Å². The summed E-state index contributed by atoms with van der Waals surface area (Å²) in [7, 11) is 4.25.